The van der Waals surface area contributed by atoms with E-state index in [1.165, 1.54) is 9.91 Å². The number of fused-ring (bicyclic) bond motifs is 7. The number of carbonyl (C=O) groups is 5. The number of aromatic nitrogens is 2. The van der Waals surface area contributed by atoms with Crippen molar-refractivity contribution in [3.8, 4) is 34.2 Å². The minimum Gasteiger partial charge on any atom is -0.464 e. The van der Waals surface area contributed by atoms with Crippen LogP contribution in [0.2, 0.25) is 0 Å². The summed E-state index contributed by atoms with van der Waals surface area (Å²) in [7, 11) is 3.32. The van der Waals surface area contributed by atoms with E-state index in [0.29, 0.717) is 64.6 Å². The number of aryl methyl sites for hydroxylation is 1. The number of benzene rings is 2. The summed E-state index contributed by atoms with van der Waals surface area (Å²) in [6, 6.07) is 16.2. The Morgan fingerprint density at radius 1 is 0.987 bits per heavy atom. The van der Waals surface area contributed by atoms with Crippen molar-refractivity contribution in [3.63, 3.8) is 0 Å². The first-order chi connectivity index (χ1) is 36.0. The lowest BCUT2D eigenvalue weighted by molar-refractivity contribution is -0.155. The van der Waals surface area contributed by atoms with Crippen molar-refractivity contribution < 1.29 is 38.2 Å². The molecule has 2 aromatic heterocycles. The van der Waals surface area contributed by atoms with Crippen LogP contribution >= 0.6 is 0 Å². The van der Waals surface area contributed by atoms with Crippen molar-refractivity contribution in [1.29, 1.82) is 0 Å². The van der Waals surface area contributed by atoms with Crippen molar-refractivity contribution in [1.82, 2.24) is 40.0 Å². The van der Waals surface area contributed by atoms with Crippen LogP contribution in [0.25, 0.3) is 33.3 Å². The number of amides is 4. The van der Waals surface area contributed by atoms with Crippen LogP contribution in [0.1, 0.15) is 103 Å². The van der Waals surface area contributed by atoms with Crippen molar-refractivity contribution in [2.45, 2.75) is 136 Å². The zero-order chi connectivity index (χ0) is 53.1. The summed E-state index contributed by atoms with van der Waals surface area (Å²) < 4.78 is 20.0. The van der Waals surface area contributed by atoms with Gasteiger partial charge >= 0.3 is 5.97 Å². The second-order valence-corrected chi connectivity index (χ2v) is 22.4. The number of nitrogens with zero attached hydrogens (tertiary/aromatic N) is 6. The van der Waals surface area contributed by atoms with Crippen LogP contribution in [0.15, 0.2) is 60.8 Å². The summed E-state index contributed by atoms with van der Waals surface area (Å²) >= 11 is 0. The Hall–Kier alpha value is -6.12. The molecule has 400 valence electrons. The first kappa shape index (κ1) is 53.7. The number of rotatable bonds is 9. The summed E-state index contributed by atoms with van der Waals surface area (Å²) in [5.74, 6) is 3.47. The van der Waals surface area contributed by atoms with Gasteiger partial charge in [0.25, 0.3) is 11.8 Å². The molecule has 4 saturated heterocycles. The number of nitrogens with one attached hydrogen (secondary N) is 2. The molecule has 0 saturated carbocycles. The molecule has 16 nitrogen and oxygen atoms in total. The van der Waals surface area contributed by atoms with Crippen LogP contribution < -0.4 is 10.7 Å². The first-order valence-electron chi connectivity index (χ1n) is 27.2. The highest BCUT2D eigenvalue weighted by atomic mass is 16.5. The van der Waals surface area contributed by atoms with Crippen LogP contribution in [0.5, 0.6) is 0 Å². The van der Waals surface area contributed by atoms with Gasteiger partial charge in [-0.3, -0.25) is 38.9 Å². The molecule has 4 aromatic rings. The van der Waals surface area contributed by atoms with Gasteiger partial charge < -0.3 is 33.9 Å². The number of methoxy groups -OCH3 is 1. The Kier molecular flexibility index (Phi) is 16.5. The highest BCUT2D eigenvalue weighted by Gasteiger charge is 2.41. The molecule has 7 heterocycles. The molecule has 75 heavy (non-hydrogen) atoms. The van der Waals surface area contributed by atoms with E-state index < -0.39 is 47.2 Å². The Labute approximate surface area is 442 Å². The second-order valence-electron chi connectivity index (χ2n) is 22.4. The molecule has 0 spiro atoms. The molecule has 1 unspecified atom stereocenters. The normalized spacial score (nSPS) is 24.1. The molecular formula is C59H76N8O8. The summed E-state index contributed by atoms with van der Waals surface area (Å²) in [6.45, 7) is 16.1. The zero-order valence-electron chi connectivity index (χ0n) is 45.2. The number of hydrogen-bond donors (Lipinski definition) is 2. The average Bonchev–Trinajstić information content (AvgIpc) is 4.04. The number of likely N-dealkylation sites (tertiary alicyclic amines) is 1. The lowest BCUT2D eigenvalue weighted by Crippen LogP contribution is -2.62. The number of hydrogen-bond acceptors (Lipinski definition) is 11. The quantitative estimate of drug-likeness (QED) is 0.142. The van der Waals surface area contributed by atoms with Gasteiger partial charge in [-0.15, -0.1) is 0 Å². The van der Waals surface area contributed by atoms with Gasteiger partial charge in [-0.1, -0.05) is 63.9 Å². The highest BCUT2D eigenvalue weighted by molar-refractivity contribution is 5.97. The van der Waals surface area contributed by atoms with Crippen molar-refractivity contribution in [2.24, 2.45) is 17.3 Å². The van der Waals surface area contributed by atoms with E-state index in [9.17, 15) is 24.0 Å². The number of morpholine rings is 1. The molecule has 0 aliphatic carbocycles. The molecule has 5 aliphatic rings. The van der Waals surface area contributed by atoms with Gasteiger partial charge in [-0.2, -0.15) is 0 Å². The van der Waals surface area contributed by atoms with E-state index >= 15 is 0 Å². The van der Waals surface area contributed by atoms with Gasteiger partial charge in [0.2, 0.25) is 11.8 Å². The predicted molar refractivity (Wildman–Crippen MR) is 286 cm³/mol. The second kappa shape index (κ2) is 23.0. The van der Waals surface area contributed by atoms with Gasteiger partial charge in [-0.05, 0) is 117 Å². The topological polar surface area (TPSA) is 168 Å². The van der Waals surface area contributed by atoms with Crippen LogP contribution in [-0.2, 0) is 57.6 Å². The zero-order valence-corrected chi connectivity index (χ0v) is 45.2. The number of cyclic esters (lactones) is 1. The summed E-state index contributed by atoms with van der Waals surface area (Å²) in [4.78, 5) is 81.8. The fourth-order valence-corrected chi connectivity index (χ4v) is 12.2. The lowest BCUT2D eigenvalue weighted by Gasteiger charge is -2.42. The third-order valence-electron chi connectivity index (χ3n) is 16.2. The van der Waals surface area contributed by atoms with E-state index in [1.807, 2.05) is 39.0 Å². The average molecular weight is 1030 g/mol. The third-order valence-corrected chi connectivity index (χ3v) is 16.2. The molecule has 4 fully saturated rings. The smallest absolute Gasteiger partial charge is 0.324 e. The van der Waals surface area contributed by atoms with E-state index in [4.69, 9.17) is 19.2 Å². The highest BCUT2D eigenvalue weighted by Crippen LogP contribution is 2.42. The van der Waals surface area contributed by atoms with Crippen molar-refractivity contribution in [2.75, 3.05) is 60.2 Å². The molecule has 0 radical (unpaired) electrons. The van der Waals surface area contributed by atoms with Gasteiger partial charge in [0.15, 0.2) is 0 Å². The number of likely N-dealkylation sites (N-methyl/N-ethyl adjacent to an activating group) is 1. The SMILES string of the molecule is CCn1c(-c2cccnc2[C@H](C)OC)c2c3cc(ccc31)-c1cccc(c1)C[C@H](NC(=O)C(C(C)C)N(C)C(=O)[C@H]1CCN(C(=O)C#C[C@@H]3CCC[C@@H]4COCCN43)C1)C(=O)N1CCC[C@H](N1)C(=O)OCC(C)(C)C2. The van der Waals surface area contributed by atoms with Crippen LogP contribution in [0, 0.1) is 29.1 Å². The molecule has 9 rings (SSSR count). The first-order valence-corrected chi connectivity index (χ1v) is 27.2. The maximum Gasteiger partial charge on any atom is 0.324 e. The standard InChI is InChI=1S/C59H76N8O8/c1-9-65-50-22-20-41-32-46(50)47(54(65)45-18-12-25-60-52(45)38(4)73-8)33-59(5,6)36-75-58(72)48-19-13-26-67(62-48)57(71)49(31-39-14-10-15-40(41)30-39)61-55(69)53(37(2)3)63(7)56(70)42-24-27-64(34-42)51(68)23-21-43-16-11-17-44-35-74-29-28-66(43)44/h10,12,14-15,18,20,22,25,30,32,37-38,42-44,48-49,53,62H,9,11,13,16-17,19,24,26-29,31,33-36H2,1-8H3,(H,61,69)/t38-,42-,43-,44+,48-,49-,53?/m0/s1. The number of esters is 1. The Balaban J connectivity index is 0.997. The Bertz CT molecular complexity index is 2850. The van der Waals surface area contributed by atoms with Crippen molar-refractivity contribution >= 4 is 40.5 Å². The van der Waals surface area contributed by atoms with Gasteiger partial charge in [0.1, 0.15) is 18.1 Å². The molecule has 2 aromatic carbocycles. The Morgan fingerprint density at radius 3 is 2.59 bits per heavy atom. The number of pyridine rings is 1. The molecule has 16 heteroatoms. The van der Waals surface area contributed by atoms with E-state index in [2.05, 4.69) is 89.2 Å². The Morgan fingerprint density at radius 2 is 1.80 bits per heavy atom. The largest absolute Gasteiger partial charge is 0.464 e. The van der Waals surface area contributed by atoms with E-state index in [0.717, 1.165) is 75.9 Å². The lowest BCUT2D eigenvalue weighted by atomic mass is 9.84. The number of ether oxygens (including phenoxy) is 3. The summed E-state index contributed by atoms with van der Waals surface area (Å²) in [5, 5.41) is 5.62. The van der Waals surface area contributed by atoms with Gasteiger partial charge in [0, 0.05) is 87.4 Å². The van der Waals surface area contributed by atoms with Crippen molar-refractivity contribution in [3.05, 3.63) is 77.6 Å². The van der Waals surface area contributed by atoms with Crippen LogP contribution in [0.3, 0.4) is 0 Å². The molecule has 6 bridgehead atoms. The summed E-state index contributed by atoms with van der Waals surface area (Å²) in [5.41, 5.74) is 10.5. The maximum absolute atomic E-state index is 14.9. The third kappa shape index (κ3) is 11.5. The minimum atomic E-state index is -1.06. The molecular weight excluding hydrogens is 949 g/mol. The minimum absolute atomic E-state index is 0.0127. The summed E-state index contributed by atoms with van der Waals surface area (Å²) in [6.07, 6.45) is 6.76. The monoisotopic (exact) mass is 1020 g/mol. The van der Waals surface area contributed by atoms with Crippen LogP contribution in [-0.4, -0.2) is 149 Å². The molecule has 7 atom stereocenters. The van der Waals surface area contributed by atoms with E-state index in [1.54, 1.807) is 25.3 Å². The van der Waals surface area contributed by atoms with E-state index in [-0.39, 0.29) is 49.5 Å². The number of piperidine rings is 1. The fourth-order valence-electron chi connectivity index (χ4n) is 12.2. The number of hydrazine groups is 1. The fraction of sp³-hybridized carbons (Fsp3) is 0.559. The molecule has 5 aliphatic heterocycles. The maximum atomic E-state index is 14.9. The molecule has 4 amide bonds. The molecule has 2 N–H and O–H groups in total. The van der Waals surface area contributed by atoms with Crippen LogP contribution in [0.4, 0.5) is 0 Å². The van der Waals surface area contributed by atoms with Gasteiger partial charge in [0.05, 0.1) is 49.3 Å². The van der Waals surface area contributed by atoms with Gasteiger partial charge in [-0.25, -0.2) is 5.43 Å². The number of carbonyl (C=O) groups excluding carboxylic acids is 5. The predicted octanol–water partition coefficient (Wildman–Crippen LogP) is 6.33.